The highest BCUT2D eigenvalue weighted by Crippen LogP contribution is 2.27. The number of fused-ring (bicyclic) bond motifs is 1. The van der Waals surface area contributed by atoms with Gasteiger partial charge in [-0.1, -0.05) is 72.8 Å². The van der Waals surface area contributed by atoms with Gasteiger partial charge in [0.2, 0.25) is 5.78 Å². The van der Waals surface area contributed by atoms with Gasteiger partial charge in [-0.3, -0.25) is 19.3 Å². The molecule has 0 radical (unpaired) electrons. The normalized spacial score (nSPS) is 14.7. The molecule has 6 heteroatoms. The number of ketones is 1. The molecule has 0 bridgehead atoms. The van der Waals surface area contributed by atoms with E-state index < -0.39 is 35.7 Å². The fourth-order valence-electron chi connectivity index (χ4n) is 3.53. The Morgan fingerprint density at radius 1 is 0.742 bits per heavy atom. The van der Waals surface area contributed by atoms with Crippen molar-refractivity contribution in [2.75, 3.05) is 0 Å². The SMILES string of the molecule is C[C@H](C(=O)O[C@H](C(=O)c1ccccc1)c1ccccc1)N1C(=O)c2ccccc2C1=O. The van der Waals surface area contributed by atoms with Crippen LogP contribution in [-0.4, -0.2) is 34.5 Å². The number of Topliss-reactive ketones (excluding diaryl/α,β-unsaturated/α-hetero) is 1. The van der Waals surface area contributed by atoms with Crippen molar-refractivity contribution >= 4 is 23.6 Å². The summed E-state index contributed by atoms with van der Waals surface area (Å²) in [5.74, 6) is -2.35. The van der Waals surface area contributed by atoms with Gasteiger partial charge in [0.05, 0.1) is 11.1 Å². The van der Waals surface area contributed by atoms with Crippen molar-refractivity contribution in [3.63, 3.8) is 0 Å². The Morgan fingerprint density at radius 2 is 1.23 bits per heavy atom. The van der Waals surface area contributed by atoms with Gasteiger partial charge in [-0.25, -0.2) is 4.79 Å². The maximum Gasteiger partial charge on any atom is 0.330 e. The standard InChI is InChI=1S/C25H19NO5/c1-16(26-23(28)19-14-8-9-15-20(19)24(26)29)25(30)31-22(18-12-6-3-7-13-18)21(27)17-10-4-2-5-11-17/h2-16,22H,1H3/t16-,22+/m1/s1. The number of benzene rings is 3. The van der Waals surface area contributed by atoms with Crippen molar-refractivity contribution in [2.45, 2.75) is 19.1 Å². The molecule has 0 N–H and O–H groups in total. The zero-order chi connectivity index (χ0) is 22.0. The van der Waals surface area contributed by atoms with Crippen LogP contribution in [0.4, 0.5) is 0 Å². The van der Waals surface area contributed by atoms with Crippen molar-refractivity contribution in [2.24, 2.45) is 0 Å². The van der Waals surface area contributed by atoms with Crippen LogP contribution in [0, 0.1) is 0 Å². The van der Waals surface area contributed by atoms with Crippen LogP contribution >= 0.6 is 0 Å². The Hall–Kier alpha value is -4.06. The molecule has 0 saturated carbocycles. The topological polar surface area (TPSA) is 80.8 Å². The molecule has 4 rings (SSSR count). The molecular weight excluding hydrogens is 394 g/mol. The van der Waals surface area contributed by atoms with Gasteiger partial charge in [0, 0.05) is 11.1 Å². The number of amides is 2. The molecule has 1 aliphatic heterocycles. The van der Waals surface area contributed by atoms with Crippen LogP contribution < -0.4 is 0 Å². The monoisotopic (exact) mass is 413 g/mol. The summed E-state index contributed by atoms with van der Waals surface area (Å²) in [7, 11) is 0. The second-order valence-corrected chi connectivity index (χ2v) is 7.16. The summed E-state index contributed by atoms with van der Waals surface area (Å²) in [4.78, 5) is 52.3. The summed E-state index contributed by atoms with van der Waals surface area (Å²) in [6, 6.07) is 22.3. The molecule has 1 heterocycles. The van der Waals surface area contributed by atoms with Gasteiger partial charge in [-0.05, 0) is 19.1 Å². The molecule has 0 spiro atoms. The first-order valence-corrected chi connectivity index (χ1v) is 9.80. The number of imide groups is 1. The first-order chi connectivity index (χ1) is 15.0. The Balaban J connectivity index is 1.60. The van der Waals surface area contributed by atoms with E-state index in [9.17, 15) is 19.2 Å². The number of hydrogen-bond acceptors (Lipinski definition) is 5. The summed E-state index contributed by atoms with van der Waals surface area (Å²) < 4.78 is 5.59. The third-order valence-corrected chi connectivity index (χ3v) is 5.19. The lowest BCUT2D eigenvalue weighted by atomic mass is 10.00. The number of carbonyl (C=O) groups excluding carboxylic acids is 4. The highest BCUT2D eigenvalue weighted by Gasteiger charge is 2.42. The van der Waals surface area contributed by atoms with Crippen LogP contribution in [0.2, 0.25) is 0 Å². The molecule has 2 atom stereocenters. The van der Waals surface area contributed by atoms with Crippen LogP contribution in [-0.2, 0) is 9.53 Å². The zero-order valence-electron chi connectivity index (χ0n) is 16.7. The highest BCUT2D eigenvalue weighted by molar-refractivity contribution is 6.22. The van der Waals surface area contributed by atoms with E-state index in [1.165, 1.54) is 6.92 Å². The number of carbonyl (C=O) groups is 4. The summed E-state index contributed by atoms with van der Waals surface area (Å²) in [6.45, 7) is 1.42. The van der Waals surface area contributed by atoms with Gasteiger partial charge >= 0.3 is 5.97 Å². The predicted molar refractivity (Wildman–Crippen MR) is 112 cm³/mol. The zero-order valence-corrected chi connectivity index (χ0v) is 16.7. The molecule has 0 unspecified atom stereocenters. The number of ether oxygens (including phenoxy) is 1. The van der Waals surface area contributed by atoms with E-state index in [0.717, 1.165) is 4.90 Å². The Labute approximate surface area is 179 Å². The lowest BCUT2D eigenvalue weighted by Gasteiger charge is -2.24. The molecule has 1 aliphatic rings. The summed E-state index contributed by atoms with van der Waals surface area (Å²) >= 11 is 0. The van der Waals surface area contributed by atoms with E-state index in [0.29, 0.717) is 11.1 Å². The Morgan fingerprint density at radius 3 is 1.77 bits per heavy atom. The molecule has 3 aromatic rings. The van der Waals surface area contributed by atoms with Crippen LogP contribution in [0.1, 0.15) is 49.7 Å². The fraction of sp³-hybridized carbons (Fsp3) is 0.120. The molecule has 31 heavy (non-hydrogen) atoms. The first kappa shape index (κ1) is 20.2. The molecule has 0 aromatic heterocycles. The maximum absolute atomic E-state index is 13.1. The van der Waals surface area contributed by atoms with Crippen molar-refractivity contribution in [3.05, 3.63) is 107 Å². The average molecular weight is 413 g/mol. The Kier molecular flexibility index (Phi) is 5.45. The minimum Gasteiger partial charge on any atom is -0.447 e. The summed E-state index contributed by atoms with van der Waals surface area (Å²) in [6.07, 6.45) is -1.20. The van der Waals surface area contributed by atoms with Crippen LogP contribution in [0.3, 0.4) is 0 Å². The minimum absolute atomic E-state index is 0.243. The van der Waals surface area contributed by atoms with Gasteiger partial charge in [0.25, 0.3) is 11.8 Å². The van der Waals surface area contributed by atoms with Crippen molar-refractivity contribution in [1.29, 1.82) is 0 Å². The molecule has 154 valence electrons. The third-order valence-electron chi connectivity index (χ3n) is 5.19. The van der Waals surface area contributed by atoms with E-state index in [1.54, 1.807) is 84.9 Å². The predicted octanol–water partition coefficient (Wildman–Crippen LogP) is 3.84. The van der Waals surface area contributed by atoms with Crippen LogP contribution in [0.15, 0.2) is 84.9 Å². The summed E-state index contributed by atoms with van der Waals surface area (Å²) in [5.41, 5.74) is 1.37. The van der Waals surface area contributed by atoms with Crippen LogP contribution in [0.5, 0.6) is 0 Å². The second kappa shape index (κ2) is 8.36. The van der Waals surface area contributed by atoms with Crippen molar-refractivity contribution in [3.8, 4) is 0 Å². The smallest absolute Gasteiger partial charge is 0.330 e. The van der Waals surface area contributed by atoms with Gasteiger partial charge in [-0.2, -0.15) is 0 Å². The number of rotatable bonds is 6. The molecule has 2 amide bonds. The number of nitrogens with zero attached hydrogens (tertiary/aromatic N) is 1. The third kappa shape index (κ3) is 3.75. The fourth-order valence-corrected chi connectivity index (χ4v) is 3.53. The van der Waals surface area contributed by atoms with E-state index in [2.05, 4.69) is 0 Å². The van der Waals surface area contributed by atoms with E-state index in [-0.39, 0.29) is 11.1 Å². The van der Waals surface area contributed by atoms with Crippen molar-refractivity contribution in [1.82, 2.24) is 4.90 Å². The summed E-state index contributed by atoms with van der Waals surface area (Å²) in [5, 5.41) is 0. The Bertz CT molecular complexity index is 1120. The maximum atomic E-state index is 13.1. The van der Waals surface area contributed by atoms with Gasteiger partial charge in [-0.15, -0.1) is 0 Å². The van der Waals surface area contributed by atoms with E-state index in [4.69, 9.17) is 4.74 Å². The lowest BCUT2D eigenvalue weighted by molar-refractivity contribution is -0.151. The van der Waals surface area contributed by atoms with E-state index in [1.807, 2.05) is 0 Å². The minimum atomic E-state index is -1.20. The quantitative estimate of drug-likeness (QED) is 0.348. The first-order valence-electron chi connectivity index (χ1n) is 9.80. The lowest BCUT2D eigenvalue weighted by Crippen LogP contribution is -2.44. The van der Waals surface area contributed by atoms with Gasteiger partial charge in [0.15, 0.2) is 6.10 Å². The molecular formula is C25H19NO5. The number of esters is 1. The largest absolute Gasteiger partial charge is 0.447 e. The number of hydrogen-bond donors (Lipinski definition) is 0. The van der Waals surface area contributed by atoms with Crippen molar-refractivity contribution < 1.29 is 23.9 Å². The molecule has 0 fully saturated rings. The van der Waals surface area contributed by atoms with Crippen LogP contribution in [0.25, 0.3) is 0 Å². The highest BCUT2D eigenvalue weighted by atomic mass is 16.5. The molecule has 3 aromatic carbocycles. The average Bonchev–Trinajstić information content (AvgIpc) is 3.07. The molecule has 0 aliphatic carbocycles. The van der Waals surface area contributed by atoms with E-state index >= 15 is 0 Å². The van der Waals surface area contributed by atoms with Gasteiger partial charge in [0.1, 0.15) is 6.04 Å². The molecule has 0 saturated heterocycles. The second-order valence-electron chi connectivity index (χ2n) is 7.16. The molecule has 6 nitrogen and oxygen atoms in total. The van der Waals surface area contributed by atoms with Gasteiger partial charge < -0.3 is 4.74 Å².